The molecule has 1 fully saturated rings. The van der Waals surface area contributed by atoms with Gasteiger partial charge >= 0.3 is 0 Å². The largest absolute Gasteiger partial charge is 0.347 e. The van der Waals surface area contributed by atoms with E-state index in [0.29, 0.717) is 5.56 Å². The van der Waals surface area contributed by atoms with E-state index in [2.05, 4.69) is 5.32 Å². The number of hydrogen-bond acceptors (Lipinski definition) is 3. The monoisotopic (exact) mass is 254 g/mol. The van der Waals surface area contributed by atoms with Gasteiger partial charge in [-0.1, -0.05) is 0 Å². The quantitative estimate of drug-likeness (QED) is 0.828. The van der Waals surface area contributed by atoms with E-state index in [4.69, 9.17) is 5.14 Å². The zero-order valence-corrected chi connectivity index (χ0v) is 10.3. The summed E-state index contributed by atoms with van der Waals surface area (Å²) in [6.45, 7) is 1.98. The van der Waals surface area contributed by atoms with Crippen LogP contribution in [0.2, 0.25) is 0 Å². The topological polar surface area (TPSA) is 89.3 Å². The Balaban J connectivity index is 2.15. The third-order valence-corrected chi connectivity index (χ3v) is 3.79. The number of nitrogens with two attached hydrogens (primary N) is 1. The maximum Gasteiger partial charge on any atom is 0.251 e. The van der Waals surface area contributed by atoms with Gasteiger partial charge in [-0.25, -0.2) is 13.6 Å². The van der Waals surface area contributed by atoms with Crippen molar-refractivity contribution in [1.29, 1.82) is 0 Å². The van der Waals surface area contributed by atoms with Gasteiger partial charge in [0.2, 0.25) is 10.0 Å². The summed E-state index contributed by atoms with van der Waals surface area (Å²) >= 11 is 0. The lowest BCUT2D eigenvalue weighted by Gasteiger charge is -2.11. The van der Waals surface area contributed by atoms with Crippen LogP contribution < -0.4 is 10.5 Å². The van der Waals surface area contributed by atoms with Gasteiger partial charge in [-0.05, 0) is 44.0 Å². The van der Waals surface area contributed by atoms with Crippen LogP contribution in [0.3, 0.4) is 0 Å². The van der Waals surface area contributed by atoms with Crippen LogP contribution in [0.15, 0.2) is 29.2 Å². The Morgan fingerprint density at radius 2 is 1.82 bits per heavy atom. The van der Waals surface area contributed by atoms with E-state index in [1.54, 1.807) is 0 Å². The molecule has 1 saturated carbocycles. The average Bonchev–Trinajstić information content (AvgIpc) is 2.95. The first-order valence-corrected chi connectivity index (χ1v) is 6.80. The molecule has 1 aromatic rings. The number of sulfonamides is 1. The van der Waals surface area contributed by atoms with Crippen molar-refractivity contribution in [3.8, 4) is 0 Å². The molecule has 0 aromatic heterocycles. The van der Waals surface area contributed by atoms with Crippen LogP contribution in [0.5, 0.6) is 0 Å². The maximum absolute atomic E-state index is 11.8. The Morgan fingerprint density at radius 1 is 1.29 bits per heavy atom. The van der Waals surface area contributed by atoms with Crippen molar-refractivity contribution in [1.82, 2.24) is 5.32 Å². The number of carbonyl (C=O) groups is 1. The molecule has 92 valence electrons. The van der Waals surface area contributed by atoms with Crippen molar-refractivity contribution in [3.63, 3.8) is 0 Å². The molecule has 1 aliphatic rings. The third kappa shape index (κ3) is 2.83. The van der Waals surface area contributed by atoms with Crippen molar-refractivity contribution < 1.29 is 13.2 Å². The van der Waals surface area contributed by atoms with Crippen LogP contribution in [0.25, 0.3) is 0 Å². The summed E-state index contributed by atoms with van der Waals surface area (Å²) in [6, 6.07) is 5.58. The molecule has 1 amide bonds. The molecule has 6 heteroatoms. The second-order valence-corrected chi connectivity index (χ2v) is 6.15. The standard InChI is InChI=1S/C11H14N2O3S/c1-11(6-7-11)13-10(14)8-2-4-9(5-3-8)17(12,15)16/h2-5H,6-7H2,1H3,(H,13,14)(H2,12,15,16). The van der Waals surface area contributed by atoms with Crippen molar-refractivity contribution in [2.24, 2.45) is 5.14 Å². The van der Waals surface area contributed by atoms with Gasteiger partial charge in [0.1, 0.15) is 0 Å². The number of primary sulfonamides is 1. The molecule has 0 radical (unpaired) electrons. The summed E-state index contributed by atoms with van der Waals surface area (Å²) in [4.78, 5) is 11.8. The molecule has 1 aliphatic carbocycles. The second-order valence-electron chi connectivity index (χ2n) is 4.58. The number of amides is 1. The molecule has 0 atom stereocenters. The molecule has 2 rings (SSSR count). The lowest BCUT2D eigenvalue weighted by Crippen LogP contribution is -2.34. The first-order chi connectivity index (χ1) is 7.80. The summed E-state index contributed by atoms with van der Waals surface area (Å²) in [5, 5.41) is 7.85. The van der Waals surface area contributed by atoms with E-state index in [9.17, 15) is 13.2 Å². The van der Waals surface area contributed by atoms with Crippen molar-refractivity contribution >= 4 is 15.9 Å². The SMILES string of the molecule is CC1(NC(=O)c2ccc(S(N)(=O)=O)cc2)CC1. The normalized spacial score (nSPS) is 17.5. The van der Waals surface area contributed by atoms with Crippen LogP contribution in [-0.2, 0) is 10.0 Å². The molecule has 0 unspecified atom stereocenters. The lowest BCUT2D eigenvalue weighted by atomic mass is 10.2. The molecule has 0 bridgehead atoms. The molecular formula is C11H14N2O3S. The van der Waals surface area contributed by atoms with E-state index >= 15 is 0 Å². The van der Waals surface area contributed by atoms with Crippen LogP contribution in [-0.4, -0.2) is 19.9 Å². The minimum Gasteiger partial charge on any atom is -0.347 e. The number of rotatable bonds is 3. The fourth-order valence-electron chi connectivity index (χ4n) is 1.45. The van der Waals surface area contributed by atoms with Gasteiger partial charge in [0.15, 0.2) is 0 Å². The van der Waals surface area contributed by atoms with Gasteiger partial charge < -0.3 is 5.32 Å². The summed E-state index contributed by atoms with van der Waals surface area (Å²) in [6.07, 6.45) is 1.96. The van der Waals surface area contributed by atoms with Crippen molar-refractivity contribution in [3.05, 3.63) is 29.8 Å². The summed E-state index contributed by atoms with van der Waals surface area (Å²) in [7, 11) is -3.70. The number of nitrogens with one attached hydrogen (secondary N) is 1. The third-order valence-electron chi connectivity index (χ3n) is 2.86. The lowest BCUT2D eigenvalue weighted by molar-refractivity contribution is 0.0935. The molecule has 3 N–H and O–H groups in total. The highest BCUT2D eigenvalue weighted by Gasteiger charge is 2.38. The Morgan fingerprint density at radius 3 is 2.24 bits per heavy atom. The smallest absolute Gasteiger partial charge is 0.251 e. The molecule has 0 heterocycles. The highest BCUT2D eigenvalue weighted by atomic mass is 32.2. The van der Waals surface area contributed by atoms with Crippen LogP contribution in [0.1, 0.15) is 30.1 Å². The summed E-state index contributed by atoms with van der Waals surface area (Å²) in [5.74, 6) is -0.189. The van der Waals surface area contributed by atoms with Crippen molar-refractivity contribution in [2.75, 3.05) is 0 Å². The second kappa shape index (κ2) is 3.82. The highest BCUT2D eigenvalue weighted by Crippen LogP contribution is 2.34. The average molecular weight is 254 g/mol. The van der Waals surface area contributed by atoms with Crippen molar-refractivity contribution in [2.45, 2.75) is 30.2 Å². The first kappa shape index (κ1) is 12.1. The Bertz CT molecular complexity index is 545. The van der Waals surface area contributed by atoms with E-state index in [1.807, 2.05) is 6.92 Å². The molecular weight excluding hydrogens is 240 g/mol. The fraction of sp³-hybridized carbons (Fsp3) is 0.364. The van der Waals surface area contributed by atoms with Gasteiger partial charge in [-0.2, -0.15) is 0 Å². The van der Waals surface area contributed by atoms with E-state index in [-0.39, 0.29) is 16.3 Å². The van der Waals surface area contributed by atoms with Crippen LogP contribution in [0.4, 0.5) is 0 Å². The number of benzene rings is 1. The highest BCUT2D eigenvalue weighted by molar-refractivity contribution is 7.89. The van der Waals surface area contributed by atoms with Gasteiger partial charge in [-0.15, -0.1) is 0 Å². The van der Waals surface area contributed by atoms with E-state index < -0.39 is 10.0 Å². The number of carbonyl (C=O) groups excluding carboxylic acids is 1. The minimum atomic E-state index is -3.70. The van der Waals surface area contributed by atoms with E-state index in [1.165, 1.54) is 24.3 Å². The Hall–Kier alpha value is -1.40. The van der Waals surface area contributed by atoms with Gasteiger partial charge in [0.05, 0.1) is 4.90 Å². The summed E-state index contributed by atoms with van der Waals surface area (Å²) < 4.78 is 22.1. The minimum absolute atomic E-state index is 0.00619. The predicted octanol–water partition coefficient (Wildman–Crippen LogP) is 0.616. The first-order valence-electron chi connectivity index (χ1n) is 5.26. The summed E-state index contributed by atoms with van der Waals surface area (Å²) in [5.41, 5.74) is 0.348. The predicted molar refractivity (Wildman–Crippen MR) is 62.9 cm³/mol. The molecule has 0 spiro atoms. The van der Waals surface area contributed by atoms with Gasteiger partial charge in [0.25, 0.3) is 5.91 Å². The van der Waals surface area contributed by atoms with E-state index in [0.717, 1.165) is 12.8 Å². The molecule has 1 aromatic carbocycles. The zero-order valence-electron chi connectivity index (χ0n) is 9.43. The zero-order chi connectivity index (χ0) is 12.7. The fourth-order valence-corrected chi connectivity index (χ4v) is 1.97. The Labute approximate surface area is 100 Å². The van der Waals surface area contributed by atoms with Gasteiger partial charge in [-0.3, -0.25) is 4.79 Å². The van der Waals surface area contributed by atoms with Crippen LogP contribution >= 0.6 is 0 Å². The molecule has 5 nitrogen and oxygen atoms in total. The van der Waals surface area contributed by atoms with Crippen LogP contribution in [0, 0.1) is 0 Å². The number of hydrogen-bond donors (Lipinski definition) is 2. The maximum atomic E-state index is 11.8. The molecule has 0 saturated heterocycles. The molecule has 0 aliphatic heterocycles. The van der Waals surface area contributed by atoms with Gasteiger partial charge in [0, 0.05) is 11.1 Å². The molecule has 17 heavy (non-hydrogen) atoms. The Kier molecular flexibility index (Phi) is 2.71.